The molecule has 2 heterocycles. The van der Waals surface area contributed by atoms with E-state index in [0.29, 0.717) is 17.7 Å². The number of fused-ring (bicyclic) bond motifs is 1. The van der Waals surface area contributed by atoms with Gasteiger partial charge in [0, 0.05) is 47.6 Å². The minimum Gasteiger partial charge on any atom is -0.310 e. The van der Waals surface area contributed by atoms with E-state index >= 15 is 0 Å². The zero-order valence-electron chi connectivity index (χ0n) is 17.5. The van der Waals surface area contributed by atoms with Gasteiger partial charge in [0.05, 0.1) is 12.3 Å². The van der Waals surface area contributed by atoms with Crippen molar-refractivity contribution in [3.05, 3.63) is 52.9 Å². The molecule has 1 aromatic carbocycles. The van der Waals surface area contributed by atoms with E-state index < -0.39 is 0 Å². The lowest BCUT2D eigenvalue weighted by molar-refractivity contribution is -0.117. The molecule has 158 valence electrons. The van der Waals surface area contributed by atoms with Crippen LogP contribution in [0.2, 0.25) is 5.02 Å². The van der Waals surface area contributed by atoms with Gasteiger partial charge in [0.15, 0.2) is 0 Å². The summed E-state index contributed by atoms with van der Waals surface area (Å²) in [5.74, 6) is 1.52. The van der Waals surface area contributed by atoms with E-state index in [1.165, 1.54) is 0 Å². The summed E-state index contributed by atoms with van der Waals surface area (Å²) >= 11 is 6.50. The van der Waals surface area contributed by atoms with Crippen molar-refractivity contribution in [1.29, 1.82) is 5.26 Å². The zero-order valence-corrected chi connectivity index (χ0v) is 18.3. The second-order valence-electron chi connectivity index (χ2n) is 8.85. The Labute approximate surface area is 186 Å². The first-order chi connectivity index (χ1) is 15.0. The van der Waals surface area contributed by atoms with Crippen molar-refractivity contribution in [2.24, 2.45) is 24.8 Å². The van der Waals surface area contributed by atoms with Crippen LogP contribution >= 0.6 is 11.6 Å². The van der Waals surface area contributed by atoms with E-state index in [1.54, 1.807) is 10.9 Å². The van der Waals surface area contributed by atoms with Crippen LogP contribution in [0.25, 0.3) is 10.8 Å². The SMILES string of the molecule is CC[C@@H]1[C@H](C(=O)Nc2cc3cc([C@H]4C[C@H](C#N)C4)c(Cl)cc3cn2)[C@H]1c1cnn(C)c1. The number of nitriles is 1. The maximum Gasteiger partial charge on any atom is 0.229 e. The molecule has 1 N–H and O–H groups in total. The summed E-state index contributed by atoms with van der Waals surface area (Å²) in [5.41, 5.74) is 2.20. The Balaban J connectivity index is 1.35. The van der Waals surface area contributed by atoms with E-state index in [9.17, 15) is 4.79 Å². The molecule has 2 saturated carbocycles. The summed E-state index contributed by atoms with van der Waals surface area (Å²) in [5, 5.41) is 19.0. The van der Waals surface area contributed by atoms with E-state index in [4.69, 9.17) is 16.9 Å². The molecule has 0 bridgehead atoms. The van der Waals surface area contributed by atoms with Gasteiger partial charge in [-0.15, -0.1) is 0 Å². The molecule has 5 rings (SSSR count). The second kappa shape index (κ2) is 7.65. The van der Waals surface area contributed by atoms with Crippen LogP contribution < -0.4 is 5.32 Å². The Morgan fingerprint density at radius 3 is 2.77 bits per heavy atom. The van der Waals surface area contributed by atoms with Crippen LogP contribution in [-0.4, -0.2) is 20.7 Å². The fourth-order valence-corrected chi connectivity index (χ4v) is 5.38. The summed E-state index contributed by atoms with van der Waals surface area (Å²) in [6.45, 7) is 2.12. The largest absolute Gasteiger partial charge is 0.310 e. The molecule has 0 saturated heterocycles. The Morgan fingerprint density at radius 1 is 1.29 bits per heavy atom. The number of nitrogens with zero attached hydrogens (tertiary/aromatic N) is 4. The van der Waals surface area contributed by atoms with E-state index in [1.807, 2.05) is 31.6 Å². The molecule has 7 heteroatoms. The van der Waals surface area contributed by atoms with Gasteiger partial charge < -0.3 is 5.32 Å². The summed E-state index contributed by atoms with van der Waals surface area (Å²) in [6, 6.07) is 8.25. The predicted molar refractivity (Wildman–Crippen MR) is 120 cm³/mol. The number of carbonyl (C=O) groups excluding carboxylic acids is 1. The number of aryl methyl sites for hydroxylation is 1. The quantitative estimate of drug-likeness (QED) is 0.612. The molecule has 3 atom stereocenters. The van der Waals surface area contributed by atoms with Crippen LogP contribution in [0, 0.1) is 29.1 Å². The van der Waals surface area contributed by atoms with Crippen molar-refractivity contribution >= 4 is 34.1 Å². The number of carbonyl (C=O) groups is 1. The molecule has 31 heavy (non-hydrogen) atoms. The molecule has 2 aromatic heterocycles. The molecule has 2 fully saturated rings. The molecular weight excluding hydrogens is 410 g/mol. The molecule has 0 aliphatic heterocycles. The van der Waals surface area contributed by atoms with Gasteiger partial charge in [-0.05, 0) is 59.4 Å². The first-order valence-electron chi connectivity index (χ1n) is 10.8. The Bertz CT molecular complexity index is 1210. The van der Waals surface area contributed by atoms with Crippen LogP contribution in [-0.2, 0) is 11.8 Å². The van der Waals surface area contributed by atoms with Crippen molar-refractivity contribution in [1.82, 2.24) is 14.8 Å². The van der Waals surface area contributed by atoms with Gasteiger partial charge in [-0.3, -0.25) is 9.48 Å². The Kier molecular flexibility index (Phi) is 4.94. The van der Waals surface area contributed by atoms with E-state index in [2.05, 4.69) is 34.5 Å². The third kappa shape index (κ3) is 3.57. The number of rotatable bonds is 5. The number of amides is 1. The van der Waals surface area contributed by atoms with Crippen LogP contribution in [0.15, 0.2) is 36.8 Å². The molecule has 6 nitrogen and oxygen atoms in total. The maximum atomic E-state index is 13.0. The monoisotopic (exact) mass is 433 g/mol. The van der Waals surface area contributed by atoms with Crippen molar-refractivity contribution in [3.8, 4) is 6.07 Å². The average Bonchev–Trinajstić information content (AvgIpc) is 3.31. The third-order valence-corrected chi connectivity index (χ3v) is 7.23. The maximum absolute atomic E-state index is 13.0. The summed E-state index contributed by atoms with van der Waals surface area (Å²) in [6.07, 6.45) is 8.27. The highest BCUT2D eigenvalue weighted by Crippen LogP contribution is 2.56. The Hall–Kier alpha value is -2.91. The number of hydrogen-bond donors (Lipinski definition) is 1. The smallest absolute Gasteiger partial charge is 0.229 e. The van der Waals surface area contributed by atoms with Crippen LogP contribution in [0.3, 0.4) is 0 Å². The molecular formula is C24H24ClN5O. The highest BCUT2D eigenvalue weighted by Gasteiger charge is 2.54. The van der Waals surface area contributed by atoms with Crippen molar-refractivity contribution in [3.63, 3.8) is 0 Å². The lowest BCUT2D eigenvalue weighted by Gasteiger charge is -2.31. The van der Waals surface area contributed by atoms with Gasteiger partial charge in [0.25, 0.3) is 0 Å². The minimum absolute atomic E-state index is 0.0117. The van der Waals surface area contributed by atoms with Gasteiger partial charge in [0.2, 0.25) is 5.91 Å². The van der Waals surface area contributed by atoms with Crippen molar-refractivity contribution in [2.75, 3.05) is 5.32 Å². The first-order valence-corrected chi connectivity index (χ1v) is 11.1. The minimum atomic E-state index is -0.0506. The number of benzene rings is 1. The van der Waals surface area contributed by atoms with Crippen LogP contribution in [0.1, 0.15) is 49.1 Å². The topological polar surface area (TPSA) is 83.6 Å². The molecule has 2 aliphatic carbocycles. The number of nitrogens with one attached hydrogen (secondary N) is 1. The molecule has 3 aromatic rings. The summed E-state index contributed by atoms with van der Waals surface area (Å²) in [4.78, 5) is 17.4. The first kappa shape index (κ1) is 20.0. The van der Waals surface area contributed by atoms with E-state index in [-0.39, 0.29) is 23.7 Å². The average molecular weight is 434 g/mol. The molecule has 2 aliphatic rings. The Morgan fingerprint density at radius 2 is 2.10 bits per heavy atom. The summed E-state index contributed by atoms with van der Waals surface area (Å²) in [7, 11) is 1.89. The van der Waals surface area contributed by atoms with Gasteiger partial charge in [-0.1, -0.05) is 24.9 Å². The fraction of sp³-hybridized carbons (Fsp3) is 0.417. The lowest BCUT2D eigenvalue weighted by Crippen LogP contribution is -2.20. The van der Waals surface area contributed by atoms with Crippen LogP contribution in [0.4, 0.5) is 5.82 Å². The highest BCUT2D eigenvalue weighted by molar-refractivity contribution is 6.32. The standard InChI is InChI=1S/C24H24ClN5O/c1-3-18-22(17-11-28-30(2)12-17)23(18)24(31)29-21-8-14-6-19(15-4-13(5-15)9-26)20(25)7-16(14)10-27-21/h6-8,10-13,15,18,22-23H,3-5H2,1-2H3,(H,27,29,31)/t13-,15-,18-,22-,23-/m0/s1. The fourth-order valence-electron chi connectivity index (χ4n) is 5.06. The molecule has 0 spiro atoms. The van der Waals surface area contributed by atoms with Gasteiger partial charge in [-0.2, -0.15) is 10.4 Å². The zero-order chi connectivity index (χ0) is 21.7. The normalized spacial score (nSPS) is 26.8. The van der Waals surface area contributed by atoms with Gasteiger partial charge in [0.1, 0.15) is 5.82 Å². The number of anilines is 1. The van der Waals surface area contributed by atoms with Gasteiger partial charge in [-0.25, -0.2) is 4.98 Å². The number of hydrogen-bond acceptors (Lipinski definition) is 4. The number of halogens is 1. The molecule has 1 amide bonds. The van der Waals surface area contributed by atoms with Gasteiger partial charge >= 0.3 is 0 Å². The third-order valence-electron chi connectivity index (χ3n) is 6.90. The second-order valence-corrected chi connectivity index (χ2v) is 9.25. The molecule has 0 radical (unpaired) electrons. The van der Waals surface area contributed by atoms with E-state index in [0.717, 1.165) is 46.2 Å². The molecule has 0 unspecified atom stereocenters. The highest BCUT2D eigenvalue weighted by atomic mass is 35.5. The van der Waals surface area contributed by atoms with Crippen molar-refractivity contribution in [2.45, 2.75) is 38.0 Å². The van der Waals surface area contributed by atoms with Crippen LogP contribution in [0.5, 0.6) is 0 Å². The lowest BCUT2D eigenvalue weighted by atomic mass is 9.72. The summed E-state index contributed by atoms with van der Waals surface area (Å²) < 4.78 is 1.78. The number of pyridine rings is 1. The number of aromatic nitrogens is 3. The van der Waals surface area contributed by atoms with Crippen molar-refractivity contribution < 1.29 is 4.79 Å². The predicted octanol–water partition coefficient (Wildman–Crippen LogP) is 5.02.